The van der Waals surface area contributed by atoms with Gasteiger partial charge in [-0.15, -0.1) is 0 Å². The zero-order chi connectivity index (χ0) is 17.3. The van der Waals surface area contributed by atoms with Crippen LogP contribution in [0.15, 0.2) is 97.2 Å². The van der Waals surface area contributed by atoms with Gasteiger partial charge in [-0.1, -0.05) is 66.7 Å². The third-order valence-electron chi connectivity index (χ3n) is 4.67. The topological polar surface area (TPSA) is 25.8 Å². The fraction of sp³-hybridized carbons (Fsp3) is 0. The molecular formula is C24H16N2. The second-order valence-corrected chi connectivity index (χ2v) is 6.36. The zero-order valence-electron chi connectivity index (χ0n) is 14.1. The molecule has 0 N–H and O–H groups in total. The maximum atomic E-state index is 5.04. The summed E-state index contributed by atoms with van der Waals surface area (Å²) in [6.45, 7) is 0. The molecule has 122 valence electrons. The summed E-state index contributed by atoms with van der Waals surface area (Å²) in [6, 6.07) is 31.3. The van der Waals surface area contributed by atoms with Crippen LogP contribution in [0.5, 0.6) is 0 Å². The monoisotopic (exact) mass is 332 g/mol. The molecule has 26 heavy (non-hydrogen) atoms. The van der Waals surface area contributed by atoms with Crippen LogP contribution in [-0.2, 0) is 0 Å². The number of fused-ring (bicyclic) bond motifs is 2. The van der Waals surface area contributed by atoms with Crippen LogP contribution >= 0.6 is 0 Å². The van der Waals surface area contributed by atoms with Gasteiger partial charge in [0.15, 0.2) is 0 Å². The summed E-state index contributed by atoms with van der Waals surface area (Å²) in [6.07, 6.45) is 1.83. The van der Waals surface area contributed by atoms with Crippen LogP contribution in [0.2, 0.25) is 0 Å². The number of benzene rings is 3. The van der Waals surface area contributed by atoms with Crippen molar-refractivity contribution in [3.63, 3.8) is 0 Å². The van der Waals surface area contributed by atoms with Crippen LogP contribution in [0.1, 0.15) is 0 Å². The molecule has 2 nitrogen and oxygen atoms in total. The Hall–Kier alpha value is -3.52. The summed E-state index contributed by atoms with van der Waals surface area (Å²) < 4.78 is 0. The SMILES string of the molecule is c1ccc(-c2cc3cc4ncccc4cc3nc2-c2ccccc2)cc1. The molecule has 0 unspecified atom stereocenters. The van der Waals surface area contributed by atoms with Crippen molar-refractivity contribution in [3.05, 3.63) is 97.2 Å². The molecule has 0 amide bonds. The summed E-state index contributed by atoms with van der Waals surface area (Å²) in [4.78, 5) is 9.53. The van der Waals surface area contributed by atoms with Crippen molar-refractivity contribution in [2.24, 2.45) is 0 Å². The Morgan fingerprint density at radius 1 is 0.538 bits per heavy atom. The minimum absolute atomic E-state index is 0.990. The molecule has 0 spiro atoms. The van der Waals surface area contributed by atoms with Crippen molar-refractivity contribution in [1.29, 1.82) is 0 Å². The first-order valence-corrected chi connectivity index (χ1v) is 8.69. The highest BCUT2D eigenvalue weighted by Gasteiger charge is 2.12. The lowest BCUT2D eigenvalue weighted by molar-refractivity contribution is 1.38. The highest BCUT2D eigenvalue weighted by atomic mass is 14.7. The maximum Gasteiger partial charge on any atom is 0.0788 e. The van der Waals surface area contributed by atoms with E-state index in [1.54, 1.807) is 0 Å². The Morgan fingerprint density at radius 3 is 2.00 bits per heavy atom. The van der Waals surface area contributed by atoms with Gasteiger partial charge in [0.1, 0.15) is 0 Å². The predicted octanol–water partition coefficient (Wildman–Crippen LogP) is 6.12. The van der Waals surface area contributed by atoms with E-state index in [2.05, 4.69) is 77.8 Å². The number of hydrogen-bond acceptors (Lipinski definition) is 2. The van der Waals surface area contributed by atoms with Gasteiger partial charge in [-0.25, -0.2) is 4.98 Å². The quantitative estimate of drug-likeness (QED) is 0.364. The summed E-state index contributed by atoms with van der Waals surface area (Å²) in [5.74, 6) is 0. The molecule has 0 aliphatic rings. The van der Waals surface area contributed by atoms with Crippen molar-refractivity contribution >= 4 is 21.8 Å². The second kappa shape index (κ2) is 6.08. The predicted molar refractivity (Wildman–Crippen MR) is 108 cm³/mol. The van der Waals surface area contributed by atoms with E-state index in [-0.39, 0.29) is 0 Å². The summed E-state index contributed by atoms with van der Waals surface area (Å²) in [7, 11) is 0. The molecule has 0 fully saturated rings. The lowest BCUT2D eigenvalue weighted by Crippen LogP contribution is -1.92. The number of hydrogen-bond donors (Lipinski definition) is 0. The van der Waals surface area contributed by atoms with Gasteiger partial charge in [-0.3, -0.25) is 4.98 Å². The zero-order valence-corrected chi connectivity index (χ0v) is 14.1. The van der Waals surface area contributed by atoms with Crippen LogP contribution < -0.4 is 0 Å². The first-order chi connectivity index (χ1) is 12.9. The fourth-order valence-electron chi connectivity index (χ4n) is 3.40. The Morgan fingerprint density at radius 2 is 1.23 bits per heavy atom. The van der Waals surface area contributed by atoms with E-state index in [1.165, 1.54) is 5.56 Å². The van der Waals surface area contributed by atoms with Crippen LogP contribution in [0.4, 0.5) is 0 Å². The highest BCUT2D eigenvalue weighted by molar-refractivity contribution is 5.98. The van der Waals surface area contributed by atoms with Crippen molar-refractivity contribution in [2.45, 2.75) is 0 Å². The standard InChI is InChI=1S/C24H16N2/c1-3-8-17(9-4-1)21-14-20-16-22-19(12-7-13-25-22)15-23(20)26-24(21)18-10-5-2-6-11-18/h1-16H. The molecule has 2 heterocycles. The fourth-order valence-corrected chi connectivity index (χ4v) is 3.40. The molecule has 2 heteroatoms. The van der Waals surface area contributed by atoms with Crippen molar-refractivity contribution in [3.8, 4) is 22.4 Å². The molecule has 0 aliphatic carbocycles. The van der Waals surface area contributed by atoms with Gasteiger partial charge >= 0.3 is 0 Å². The molecule has 0 atom stereocenters. The maximum absolute atomic E-state index is 5.04. The molecule has 2 aromatic heterocycles. The van der Waals surface area contributed by atoms with E-state index < -0.39 is 0 Å². The summed E-state index contributed by atoms with van der Waals surface area (Å²) in [5, 5.41) is 2.22. The van der Waals surface area contributed by atoms with E-state index in [1.807, 2.05) is 24.4 Å². The Balaban J connectivity index is 1.86. The third kappa shape index (κ3) is 2.52. The molecule has 5 aromatic rings. The number of aromatic nitrogens is 2. The highest BCUT2D eigenvalue weighted by Crippen LogP contribution is 2.34. The van der Waals surface area contributed by atoms with Crippen LogP contribution in [0.25, 0.3) is 44.2 Å². The van der Waals surface area contributed by atoms with Gasteiger partial charge < -0.3 is 0 Å². The molecule has 0 bridgehead atoms. The molecule has 0 aliphatic heterocycles. The van der Waals surface area contributed by atoms with E-state index in [9.17, 15) is 0 Å². The van der Waals surface area contributed by atoms with Gasteiger partial charge in [0.25, 0.3) is 0 Å². The number of nitrogens with zero attached hydrogens (tertiary/aromatic N) is 2. The van der Waals surface area contributed by atoms with Gasteiger partial charge in [-0.2, -0.15) is 0 Å². The molecule has 0 saturated heterocycles. The van der Waals surface area contributed by atoms with Crippen LogP contribution in [0, 0.1) is 0 Å². The van der Waals surface area contributed by atoms with Gasteiger partial charge in [-0.05, 0) is 29.8 Å². The Bertz CT molecular complexity index is 1120. The lowest BCUT2D eigenvalue weighted by atomic mass is 9.97. The minimum Gasteiger partial charge on any atom is -0.256 e. The Kier molecular flexibility index (Phi) is 3.46. The second-order valence-electron chi connectivity index (χ2n) is 6.36. The van der Waals surface area contributed by atoms with Gasteiger partial charge in [0.2, 0.25) is 0 Å². The lowest BCUT2D eigenvalue weighted by Gasteiger charge is -2.12. The van der Waals surface area contributed by atoms with Crippen LogP contribution in [-0.4, -0.2) is 9.97 Å². The molecule has 5 rings (SSSR count). The molecular weight excluding hydrogens is 316 g/mol. The molecule has 0 saturated carbocycles. The number of pyridine rings is 2. The third-order valence-corrected chi connectivity index (χ3v) is 4.67. The van der Waals surface area contributed by atoms with Crippen molar-refractivity contribution in [1.82, 2.24) is 9.97 Å². The number of rotatable bonds is 2. The van der Waals surface area contributed by atoms with Gasteiger partial charge in [0, 0.05) is 28.1 Å². The van der Waals surface area contributed by atoms with E-state index in [0.29, 0.717) is 0 Å². The van der Waals surface area contributed by atoms with Gasteiger partial charge in [0.05, 0.1) is 16.7 Å². The van der Waals surface area contributed by atoms with Crippen LogP contribution in [0.3, 0.4) is 0 Å². The summed E-state index contributed by atoms with van der Waals surface area (Å²) in [5.41, 5.74) is 6.42. The van der Waals surface area contributed by atoms with E-state index in [4.69, 9.17) is 4.98 Å². The minimum atomic E-state index is 0.990. The summed E-state index contributed by atoms with van der Waals surface area (Å²) >= 11 is 0. The Labute approximate surface area is 151 Å². The first-order valence-electron chi connectivity index (χ1n) is 8.69. The van der Waals surface area contributed by atoms with E-state index in [0.717, 1.165) is 38.6 Å². The smallest absolute Gasteiger partial charge is 0.0788 e. The average Bonchev–Trinajstić information content (AvgIpc) is 2.72. The molecule has 0 radical (unpaired) electrons. The normalized spacial score (nSPS) is 11.1. The van der Waals surface area contributed by atoms with E-state index >= 15 is 0 Å². The largest absolute Gasteiger partial charge is 0.256 e. The average molecular weight is 332 g/mol. The first kappa shape index (κ1) is 14.8. The molecule has 3 aromatic carbocycles. The van der Waals surface area contributed by atoms with Crippen molar-refractivity contribution < 1.29 is 0 Å². The van der Waals surface area contributed by atoms with Crippen molar-refractivity contribution in [2.75, 3.05) is 0 Å².